The molecule has 162 valence electrons. The lowest BCUT2D eigenvalue weighted by molar-refractivity contribution is -0.137. The van der Waals surface area contributed by atoms with Crippen LogP contribution < -0.4 is 5.32 Å². The Balaban J connectivity index is 1.17. The van der Waals surface area contributed by atoms with Crippen molar-refractivity contribution in [2.75, 3.05) is 13.1 Å². The number of likely N-dealkylation sites (tertiary alicyclic amines) is 1. The molecular formula is C25H29N3O3. The van der Waals surface area contributed by atoms with Crippen molar-refractivity contribution in [1.82, 2.24) is 15.2 Å². The first-order valence-electron chi connectivity index (χ1n) is 11.7. The van der Waals surface area contributed by atoms with Crippen molar-refractivity contribution < 1.29 is 14.3 Å². The number of fused-ring (bicyclic) bond motifs is 2. The van der Waals surface area contributed by atoms with E-state index in [4.69, 9.17) is 4.74 Å². The van der Waals surface area contributed by atoms with E-state index >= 15 is 0 Å². The molecule has 6 nitrogen and oxygen atoms in total. The zero-order valence-electron chi connectivity index (χ0n) is 17.7. The lowest BCUT2D eigenvalue weighted by atomic mass is 9.76. The number of aromatic nitrogens is 1. The Bertz CT molecular complexity index is 1050. The lowest BCUT2D eigenvalue weighted by Crippen LogP contribution is -2.47. The van der Waals surface area contributed by atoms with Crippen molar-refractivity contribution in [2.45, 2.75) is 56.3 Å². The summed E-state index contributed by atoms with van der Waals surface area (Å²) in [6, 6.07) is 8.48. The maximum atomic E-state index is 13.4. The van der Waals surface area contributed by atoms with Crippen molar-refractivity contribution in [1.29, 1.82) is 0 Å². The molecule has 1 aliphatic carbocycles. The standard InChI is InChI=1S/C25H29N3O3/c29-23(27-17-6-2-1-3-7-17)21-20-10-12-25(31-20)15-28(24(30)22(21)25)13-11-16-14-26-19-9-5-4-8-18(16)19/h4-5,8-10,12,14,17,20-22,26H,1-3,6-7,11,13,15H2,(H,27,29)/t20-,21+,22+,25-/m1/s1. The highest BCUT2D eigenvalue weighted by molar-refractivity contribution is 5.93. The van der Waals surface area contributed by atoms with Crippen LogP contribution in [0.4, 0.5) is 0 Å². The molecule has 6 rings (SSSR count). The van der Waals surface area contributed by atoms with Gasteiger partial charge in [-0.2, -0.15) is 0 Å². The molecule has 4 aliphatic rings. The molecule has 2 aromatic rings. The van der Waals surface area contributed by atoms with Gasteiger partial charge in [0.05, 0.1) is 24.5 Å². The molecule has 6 heteroatoms. The second kappa shape index (κ2) is 7.23. The number of rotatable bonds is 5. The number of benzene rings is 1. The fourth-order valence-corrected chi connectivity index (χ4v) is 6.21. The minimum Gasteiger partial charge on any atom is -0.361 e. The molecule has 2 N–H and O–H groups in total. The first-order valence-corrected chi connectivity index (χ1v) is 11.7. The quantitative estimate of drug-likeness (QED) is 0.732. The Kier molecular flexibility index (Phi) is 4.46. The number of carbonyl (C=O) groups is 2. The van der Waals surface area contributed by atoms with Crippen LogP contribution in [0.15, 0.2) is 42.6 Å². The number of hydrogen-bond donors (Lipinski definition) is 2. The number of carbonyl (C=O) groups excluding carboxylic acids is 2. The zero-order chi connectivity index (χ0) is 21.0. The molecule has 4 heterocycles. The van der Waals surface area contributed by atoms with Gasteiger partial charge >= 0.3 is 0 Å². The predicted octanol–water partition coefficient (Wildman–Crippen LogP) is 2.94. The molecule has 2 saturated heterocycles. The Hall–Kier alpha value is -2.60. The number of hydrogen-bond acceptors (Lipinski definition) is 3. The van der Waals surface area contributed by atoms with Crippen LogP contribution in [0.5, 0.6) is 0 Å². The van der Waals surface area contributed by atoms with Crippen LogP contribution in [-0.2, 0) is 20.7 Å². The van der Waals surface area contributed by atoms with E-state index < -0.39 is 17.4 Å². The van der Waals surface area contributed by atoms with E-state index in [1.165, 1.54) is 30.2 Å². The summed E-state index contributed by atoms with van der Waals surface area (Å²) < 4.78 is 6.27. The molecular weight excluding hydrogens is 390 g/mol. The van der Waals surface area contributed by atoms with Gasteiger partial charge in [0, 0.05) is 29.7 Å². The fraction of sp³-hybridized carbons (Fsp3) is 0.520. The second-order valence-corrected chi connectivity index (χ2v) is 9.61. The molecule has 2 amide bonds. The van der Waals surface area contributed by atoms with Gasteiger partial charge in [0.25, 0.3) is 0 Å². The average Bonchev–Trinajstić information content (AvgIpc) is 3.53. The molecule has 31 heavy (non-hydrogen) atoms. The predicted molar refractivity (Wildman–Crippen MR) is 117 cm³/mol. The average molecular weight is 420 g/mol. The van der Waals surface area contributed by atoms with Crippen LogP contribution >= 0.6 is 0 Å². The summed E-state index contributed by atoms with van der Waals surface area (Å²) in [4.78, 5) is 31.8. The van der Waals surface area contributed by atoms with E-state index in [9.17, 15) is 9.59 Å². The van der Waals surface area contributed by atoms with E-state index in [1.54, 1.807) is 0 Å². The highest BCUT2D eigenvalue weighted by atomic mass is 16.5. The molecule has 4 atom stereocenters. The third kappa shape index (κ3) is 3.03. The number of aromatic amines is 1. The topological polar surface area (TPSA) is 74.4 Å². The number of amides is 2. The van der Waals surface area contributed by atoms with Crippen LogP contribution in [0.2, 0.25) is 0 Å². The number of nitrogens with one attached hydrogen (secondary N) is 2. The number of para-hydroxylation sites is 1. The largest absolute Gasteiger partial charge is 0.361 e. The summed E-state index contributed by atoms with van der Waals surface area (Å²) >= 11 is 0. The van der Waals surface area contributed by atoms with Gasteiger partial charge in [0.1, 0.15) is 5.60 Å². The number of H-pyrrole nitrogens is 1. The Morgan fingerprint density at radius 3 is 2.94 bits per heavy atom. The third-order valence-corrected chi connectivity index (χ3v) is 7.76. The molecule has 3 fully saturated rings. The second-order valence-electron chi connectivity index (χ2n) is 9.61. The highest BCUT2D eigenvalue weighted by Gasteiger charge is 2.66. The lowest BCUT2D eigenvalue weighted by Gasteiger charge is -2.28. The third-order valence-electron chi connectivity index (χ3n) is 7.76. The minimum atomic E-state index is -0.628. The first-order chi connectivity index (χ1) is 15.1. The van der Waals surface area contributed by atoms with E-state index in [0.717, 1.165) is 24.8 Å². The van der Waals surface area contributed by atoms with Gasteiger partial charge in [0.2, 0.25) is 11.8 Å². The summed E-state index contributed by atoms with van der Waals surface area (Å²) in [7, 11) is 0. The van der Waals surface area contributed by atoms with Crippen LogP contribution in [-0.4, -0.2) is 52.5 Å². The fourth-order valence-electron chi connectivity index (χ4n) is 6.21. The van der Waals surface area contributed by atoms with Gasteiger partial charge in [-0.1, -0.05) is 49.6 Å². The molecule has 1 aromatic carbocycles. The number of nitrogens with zero attached hydrogens (tertiary/aromatic N) is 1. The summed E-state index contributed by atoms with van der Waals surface area (Å²) in [5.74, 6) is -0.734. The molecule has 2 bridgehead atoms. The van der Waals surface area contributed by atoms with Gasteiger partial charge in [-0.15, -0.1) is 0 Å². The van der Waals surface area contributed by atoms with Crippen LogP contribution in [0.3, 0.4) is 0 Å². The maximum Gasteiger partial charge on any atom is 0.230 e. The summed E-state index contributed by atoms with van der Waals surface area (Å²) in [6.45, 7) is 1.18. The van der Waals surface area contributed by atoms with Crippen LogP contribution in [0.1, 0.15) is 37.7 Å². The molecule has 1 spiro atoms. The van der Waals surface area contributed by atoms with Crippen LogP contribution in [0.25, 0.3) is 10.9 Å². The summed E-state index contributed by atoms with van der Waals surface area (Å²) in [5, 5.41) is 4.44. The van der Waals surface area contributed by atoms with Gasteiger partial charge in [-0.05, 0) is 30.9 Å². The Labute approximate surface area is 182 Å². The van der Waals surface area contributed by atoms with Crippen molar-refractivity contribution in [3.05, 3.63) is 48.2 Å². The monoisotopic (exact) mass is 419 g/mol. The van der Waals surface area contributed by atoms with Gasteiger partial charge in [-0.3, -0.25) is 9.59 Å². The van der Waals surface area contributed by atoms with E-state index in [-0.39, 0.29) is 24.0 Å². The molecule has 1 saturated carbocycles. The van der Waals surface area contributed by atoms with E-state index in [2.05, 4.69) is 22.4 Å². The summed E-state index contributed by atoms with van der Waals surface area (Å²) in [5.41, 5.74) is 1.70. The Morgan fingerprint density at radius 1 is 1.23 bits per heavy atom. The van der Waals surface area contributed by atoms with Crippen molar-refractivity contribution in [2.24, 2.45) is 11.8 Å². The van der Waals surface area contributed by atoms with Crippen molar-refractivity contribution >= 4 is 22.7 Å². The van der Waals surface area contributed by atoms with Gasteiger partial charge in [0.15, 0.2) is 0 Å². The van der Waals surface area contributed by atoms with E-state index in [1.807, 2.05) is 35.4 Å². The van der Waals surface area contributed by atoms with Gasteiger partial charge in [-0.25, -0.2) is 0 Å². The molecule has 0 radical (unpaired) electrons. The zero-order valence-corrected chi connectivity index (χ0v) is 17.7. The van der Waals surface area contributed by atoms with Crippen molar-refractivity contribution in [3.63, 3.8) is 0 Å². The molecule has 1 aromatic heterocycles. The highest BCUT2D eigenvalue weighted by Crippen LogP contribution is 2.52. The maximum absolute atomic E-state index is 13.4. The first kappa shape index (κ1) is 19.1. The number of ether oxygens (including phenoxy) is 1. The van der Waals surface area contributed by atoms with Crippen molar-refractivity contribution in [3.8, 4) is 0 Å². The normalized spacial score (nSPS) is 32.2. The van der Waals surface area contributed by atoms with E-state index in [0.29, 0.717) is 13.1 Å². The smallest absolute Gasteiger partial charge is 0.230 e. The Morgan fingerprint density at radius 2 is 2.06 bits per heavy atom. The molecule has 3 aliphatic heterocycles. The van der Waals surface area contributed by atoms with Crippen LogP contribution in [0, 0.1) is 11.8 Å². The van der Waals surface area contributed by atoms with Gasteiger partial charge < -0.3 is 19.9 Å². The SMILES string of the molecule is O=C(NC1CCCCC1)[C@@H]1[C@H]2C(=O)N(CCc3c[nH]c4ccccc34)C[C@]23C=C[C@H]1O3. The summed E-state index contributed by atoms with van der Waals surface area (Å²) in [6.07, 6.45) is 12.3. The molecule has 0 unspecified atom stereocenters. The minimum absolute atomic E-state index is 0.0000430.